The number of hydrogen-bond donors (Lipinski definition) is 1. The van der Waals surface area contributed by atoms with Gasteiger partial charge in [-0.1, -0.05) is 35.0 Å². The van der Waals surface area contributed by atoms with Crippen LogP contribution in [0, 0.1) is 0 Å². The number of hydrogen-bond acceptors (Lipinski definition) is 4. The molecular weight excluding hydrogens is 364 g/mol. The topological polar surface area (TPSA) is 0 Å². The van der Waals surface area contributed by atoms with E-state index < -0.39 is 0 Å². The van der Waals surface area contributed by atoms with Crippen molar-refractivity contribution in [3.05, 3.63) is 34.3 Å². The number of thioether (sulfide) groups is 3. The molecule has 0 N–H and O–H groups in total. The zero-order chi connectivity index (χ0) is 13.2. The molecule has 0 saturated carbocycles. The highest BCUT2D eigenvalue weighted by Gasteiger charge is 2.38. The monoisotopic (exact) mass is 380 g/mol. The number of halogens is 1. The minimum absolute atomic E-state index is 0.207. The molecule has 1 aliphatic rings. The summed E-state index contributed by atoms with van der Waals surface area (Å²) in [6, 6.07) is 8.74. The van der Waals surface area contributed by atoms with E-state index in [0.717, 1.165) is 10.2 Å². The fourth-order valence-electron chi connectivity index (χ4n) is 1.78. The van der Waals surface area contributed by atoms with Crippen LogP contribution in [0.1, 0.15) is 19.4 Å². The van der Waals surface area contributed by atoms with Gasteiger partial charge in [-0.3, -0.25) is 0 Å². The molecule has 5 heteroatoms. The predicted octanol–water partition coefficient (Wildman–Crippen LogP) is 5.48. The highest BCUT2D eigenvalue weighted by molar-refractivity contribution is 9.10. The highest BCUT2D eigenvalue weighted by Crippen LogP contribution is 2.57. The molecule has 100 valence electrons. The summed E-state index contributed by atoms with van der Waals surface area (Å²) >= 11 is 14.2. The standard InChI is InChI=1S/C13H17BrS4/c1-9(15)7-16-12-8-17-13(2,18-12)10-3-5-11(14)6-4-10/h3-6,9,12,15H,7-8H2,1-2H3. The van der Waals surface area contributed by atoms with Gasteiger partial charge in [0.1, 0.15) is 0 Å². The molecular formula is C13H17BrS4. The zero-order valence-corrected chi connectivity index (χ0v) is 15.4. The minimum Gasteiger partial charge on any atom is -0.175 e. The molecule has 0 amide bonds. The molecule has 3 unspecified atom stereocenters. The minimum atomic E-state index is 0.207. The molecule has 1 aromatic rings. The van der Waals surface area contributed by atoms with Crippen molar-refractivity contribution in [3.8, 4) is 0 Å². The molecule has 1 aliphatic heterocycles. The van der Waals surface area contributed by atoms with E-state index in [9.17, 15) is 0 Å². The third kappa shape index (κ3) is 4.05. The third-order valence-corrected chi connectivity index (χ3v) is 9.10. The Morgan fingerprint density at radius 2 is 2.17 bits per heavy atom. The molecule has 1 saturated heterocycles. The SMILES string of the molecule is CC(S)CSC1CSC(C)(c2ccc(Br)cc2)S1. The Morgan fingerprint density at radius 1 is 1.50 bits per heavy atom. The fourth-order valence-corrected chi connectivity index (χ4v) is 7.48. The number of benzene rings is 1. The molecule has 1 fully saturated rings. The smallest absolute Gasteiger partial charge is 0.0844 e. The van der Waals surface area contributed by atoms with Crippen molar-refractivity contribution < 1.29 is 0 Å². The molecule has 0 aliphatic carbocycles. The van der Waals surface area contributed by atoms with E-state index in [1.807, 2.05) is 11.8 Å². The van der Waals surface area contributed by atoms with Crippen LogP contribution in [-0.2, 0) is 4.08 Å². The van der Waals surface area contributed by atoms with Gasteiger partial charge in [-0.25, -0.2) is 0 Å². The van der Waals surface area contributed by atoms with Crippen molar-refractivity contribution >= 4 is 63.8 Å². The maximum absolute atomic E-state index is 4.45. The molecule has 3 atom stereocenters. The normalized spacial score (nSPS) is 29.4. The number of thiol groups is 1. The molecule has 0 radical (unpaired) electrons. The van der Waals surface area contributed by atoms with Crippen LogP contribution in [0.15, 0.2) is 28.7 Å². The van der Waals surface area contributed by atoms with Crippen LogP contribution in [0.3, 0.4) is 0 Å². The first-order valence-electron chi connectivity index (χ1n) is 5.87. The first kappa shape index (κ1) is 15.5. The van der Waals surface area contributed by atoms with Crippen LogP contribution < -0.4 is 0 Å². The van der Waals surface area contributed by atoms with Crippen LogP contribution in [0.4, 0.5) is 0 Å². The van der Waals surface area contributed by atoms with E-state index in [2.05, 4.69) is 90.2 Å². The first-order valence-corrected chi connectivity index (χ1v) is 10.1. The Hall–Kier alpha value is 1.10. The quantitative estimate of drug-likeness (QED) is 0.687. The Bertz CT molecular complexity index is 392. The Labute approximate surface area is 136 Å². The highest BCUT2D eigenvalue weighted by atomic mass is 79.9. The van der Waals surface area contributed by atoms with E-state index in [4.69, 9.17) is 0 Å². The van der Waals surface area contributed by atoms with Gasteiger partial charge in [0.05, 0.1) is 8.66 Å². The average Bonchev–Trinajstić information content (AvgIpc) is 2.71. The van der Waals surface area contributed by atoms with Crippen molar-refractivity contribution in [2.24, 2.45) is 0 Å². The van der Waals surface area contributed by atoms with E-state index in [1.54, 1.807) is 0 Å². The van der Waals surface area contributed by atoms with Gasteiger partial charge in [0.15, 0.2) is 0 Å². The second-order valence-electron chi connectivity index (χ2n) is 4.49. The van der Waals surface area contributed by atoms with Crippen molar-refractivity contribution in [2.45, 2.75) is 27.8 Å². The van der Waals surface area contributed by atoms with E-state index in [0.29, 0.717) is 9.83 Å². The van der Waals surface area contributed by atoms with Crippen molar-refractivity contribution in [3.63, 3.8) is 0 Å². The lowest BCUT2D eigenvalue weighted by atomic mass is 10.2. The summed E-state index contributed by atoms with van der Waals surface area (Å²) in [5.74, 6) is 2.36. The molecule has 0 aromatic heterocycles. The molecule has 2 rings (SSSR count). The predicted molar refractivity (Wildman–Crippen MR) is 96.2 cm³/mol. The summed E-state index contributed by atoms with van der Waals surface area (Å²) in [5, 5.41) is 0.486. The first-order chi connectivity index (χ1) is 8.49. The second-order valence-corrected chi connectivity index (χ2v) is 11.1. The lowest BCUT2D eigenvalue weighted by molar-refractivity contribution is 1.02. The van der Waals surface area contributed by atoms with Gasteiger partial charge in [-0.15, -0.1) is 35.3 Å². The average molecular weight is 381 g/mol. The summed E-state index contributed by atoms with van der Waals surface area (Å²) < 4.78 is 2.05. The lowest BCUT2D eigenvalue weighted by Gasteiger charge is -2.23. The van der Waals surface area contributed by atoms with Gasteiger partial charge in [-0.2, -0.15) is 12.6 Å². The molecule has 0 nitrogen and oxygen atoms in total. The van der Waals surface area contributed by atoms with Crippen LogP contribution in [0.2, 0.25) is 0 Å². The Morgan fingerprint density at radius 3 is 2.78 bits per heavy atom. The van der Waals surface area contributed by atoms with E-state index in [1.165, 1.54) is 11.3 Å². The van der Waals surface area contributed by atoms with Gasteiger partial charge in [-0.05, 0) is 24.6 Å². The van der Waals surface area contributed by atoms with E-state index >= 15 is 0 Å². The van der Waals surface area contributed by atoms with Gasteiger partial charge in [0, 0.05) is 21.2 Å². The van der Waals surface area contributed by atoms with Crippen molar-refractivity contribution in [2.75, 3.05) is 11.5 Å². The number of rotatable bonds is 4. The summed E-state index contributed by atoms with van der Waals surface area (Å²) in [4.78, 5) is 0. The molecule has 1 heterocycles. The van der Waals surface area contributed by atoms with Crippen molar-refractivity contribution in [1.82, 2.24) is 0 Å². The van der Waals surface area contributed by atoms with Crippen LogP contribution in [0.5, 0.6) is 0 Å². The van der Waals surface area contributed by atoms with Crippen LogP contribution in [0.25, 0.3) is 0 Å². The molecule has 0 spiro atoms. The van der Waals surface area contributed by atoms with Gasteiger partial charge >= 0.3 is 0 Å². The zero-order valence-electron chi connectivity index (χ0n) is 10.4. The Balaban J connectivity index is 1.99. The third-order valence-electron chi connectivity index (χ3n) is 2.74. The largest absolute Gasteiger partial charge is 0.175 e. The van der Waals surface area contributed by atoms with Gasteiger partial charge in [0.25, 0.3) is 0 Å². The lowest BCUT2D eigenvalue weighted by Crippen LogP contribution is -2.09. The summed E-state index contributed by atoms with van der Waals surface area (Å²) in [6.07, 6.45) is 0. The summed E-state index contributed by atoms with van der Waals surface area (Å²) in [5.41, 5.74) is 1.42. The van der Waals surface area contributed by atoms with Crippen LogP contribution in [-0.4, -0.2) is 21.3 Å². The van der Waals surface area contributed by atoms with Gasteiger partial charge in [0.2, 0.25) is 0 Å². The molecule has 1 aromatic carbocycles. The second kappa shape index (κ2) is 6.70. The van der Waals surface area contributed by atoms with E-state index in [-0.39, 0.29) is 4.08 Å². The summed E-state index contributed by atoms with van der Waals surface area (Å²) in [7, 11) is 0. The molecule has 18 heavy (non-hydrogen) atoms. The van der Waals surface area contributed by atoms with Gasteiger partial charge < -0.3 is 0 Å². The van der Waals surface area contributed by atoms with Crippen LogP contribution >= 0.6 is 63.8 Å². The summed E-state index contributed by atoms with van der Waals surface area (Å²) in [6.45, 7) is 4.51. The maximum Gasteiger partial charge on any atom is 0.0844 e. The fraction of sp³-hybridized carbons (Fsp3) is 0.538. The Kier molecular flexibility index (Phi) is 5.77. The van der Waals surface area contributed by atoms with Crippen molar-refractivity contribution in [1.29, 1.82) is 0 Å². The molecule has 0 bridgehead atoms. The maximum atomic E-state index is 4.45.